The van der Waals surface area contributed by atoms with E-state index in [2.05, 4.69) is 0 Å². The lowest BCUT2D eigenvalue weighted by atomic mass is 9.79. The standard InChI is InChI=1S/C12H14BNO3/c14-12(15)10-9(8-4-2-1-3-5-8)11(10)13-16-6-7-17-13/h1-5,9-11H,6-7H2,(H2,14,15). The fraction of sp³-hybridized carbons (Fsp3) is 0.417. The fourth-order valence-corrected chi connectivity index (χ4v) is 2.74. The summed E-state index contributed by atoms with van der Waals surface area (Å²) in [4.78, 5) is 11.4. The third kappa shape index (κ3) is 1.85. The Labute approximate surface area is 100 Å². The molecule has 0 spiro atoms. The molecule has 3 rings (SSSR count). The highest BCUT2D eigenvalue weighted by atomic mass is 16.6. The maximum absolute atomic E-state index is 11.4. The lowest BCUT2D eigenvalue weighted by Crippen LogP contribution is -2.20. The average Bonchev–Trinajstić information content (AvgIpc) is 2.87. The van der Waals surface area contributed by atoms with E-state index in [1.165, 1.54) is 0 Å². The molecule has 2 aliphatic rings. The Morgan fingerprint density at radius 3 is 2.47 bits per heavy atom. The van der Waals surface area contributed by atoms with Crippen LogP contribution < -0.4 is 5.73 Å². The molecule has 3 unspecified atom stereocenters. The minimum Gasteiger partial charge on any atom is -0.409 e. The lowest BCUT2D eigenvalue weighted by Gasteiger charge is -2.02. The molecule has 2 fully saturated rings. The monoisotopic (exact) mass is 231 g/mol. The molecule has 5 heteroatoms. The molecule has 1 saturated carbocycles. The van der Waals surface area contributed by atoms with E-state index in [4.69, 9.17) is 15.0 Å². The topological polar surface area (TPSA) is 61.6 Å². The molecule has 2 N–H and O–H groups in total. The van der Waals surface area contributed by atoms with Crippen LogP contribution >= 0.6 is 0 Å². The summed E-state index contributed by atoms with van der Waals surface area (Å²) in [5.74, 6) is -0.183. The minimum atomic E-state index is -0.266. The number of hydrogen-bond donors (Lipinski definition) is 1. The van der Waals surface area contributed by atoms with Gasteiger partial charge in [0.25, 0.3) is 0 Å². The Bertz CT molecular complexity index is 419. The molecule has 0 aromatic heterocycles. The second-order valence-electron chi connectivity index (χ2n) is 4.55. The zero-order valence-electron chi connectivity index (χ0n) is 9.41. The van der Waals surface area contributed by atoms with Gasteiger partial charge in [0.05, 0.1) is 13.2 Å². The summed E-state index contributed by atoms with van der Waals surface area (Å²) >= 11 is 0. The summed E-state index contributed by atoms with van der Waals surface area (Å²) in [5.41, 5.74) is 6.57. The van der Waals surface area contributed by atoms with E-state index in [-0.39, 0.29) is 30.7 Å². The third-order valence-electron chi connectivity index (χ3n) is 3.55. The van der Waals surface area contributed by atoms with Crippen molar-refractivity contribution in [3.05, 3.63) is 35.9 Å². The van der Waals surface area contributed by atoms with E-state index < -0.39 is 0 Å². The predicted molar refractivity (Wildman–Crippen MR) is 63.3 cm³/mol. The largest absolute Gasteiger partial charge is 0.461 e. The Balaban J connectivity index is 1.82. The highest BCUT2D eigenvalue weighted by molar-refractivity contribution is 6.49. The normalized spacial score (nSPS) is 31.5. The minimum absolute atomic E-state index is 0.0809. The zero-order chi connectivity index (χ0) is 11.8. The second-order valence-corrected chi connectivity index (χ2v) is 4.55. The van der Waals surface area contributed by atoms with Crippen molar-refractivity contribution in [3.8, 4) is 0 Å². The molecule has 88 valence electrons. The molecule has 1 amide bonds. The van der Waals surface area contributed by atoms with Crippen molar-refractivity contribution in [1.82, 2.24) is 0 Å². The molecule has 1 aliphatic heterocycles. The zero-order valence-corrected chi connectivity index (χ0v) is 9.41. The molecule has 0 bridgehead atoms. The van der Waals surface area contributed by atoms with Gasteiger partial charge in [0.15, 0.2) is 0 Å². The molecule has 17 heavy (non-hydrogen) atoms. The van der Waals surface area contributed by atoms with Crippen molar-refractivity contribution in [3.63, 3.8) is 0 Å². The number of rotatable bonds is 3. The number of hydrogen-bond acceptors (Lipinski definition) is 3. The van der Waals surface area contributed by atoms with Gasteiger partial charge < -0.3 is 15.0 Å². The van der Waals surface area contributed by atoms with Gasteiger partial charge >= 0.3 is 7.12 Å². The van der Waals surface area contributed by atoms with E-state index in [9.17, 15) is 4.79 Å². The van der Waals surface area contributed by atoms with Crippen LogP contribution in [0.3, 0.4) is 0 Å². The smallest absolute Gasteiger partial charge is 0.409 e. The summed E-state index contributed by atoms with van der Waals surface area (Å²) in [5, 5.41) is 0. The van der Waals surface area contributed by atoms with Crippen LogP contribution in [0.15, 0.2) is 30.3 Å². The highest BCUT2D eigenvalue weighted by Crippen LogP contribution is 2.61. The SMILES string of the molecule is NC(=O)C1C(B2OCCO2)C1c1ccccc1. The summed E-state index contributed by atoms with van der Waals surface area (Å²) in [6.07, 6.45) is 0. The average molecular weight is 231 g/mol. The van der Waals surface area contributed by atoms with Gasteiger partial charge in [-0.2, -0.15) is 0 Å². The molecule has 0 radical (unpaired) electrons. The van der Waals surface area contributed by atoms with Gasteiger partial charge in [-0.3, -0.25) is 4.79 Å². The second kappa shape index (κ2) is 4.16. The molecule has 3 atom stereocenters. The quantitative estimate of drug-likeness (QED) is 0.782. The number of amides is 1. The molecule has 1 heterocycles. The Hall–Kier alpha value is -1.33. The van der Waals surface area contributed by atoms with Gasteiger partial charge in [0.2, 0.25) is 5.91 Å². The van der Waals surface area contributed by atoms with Crippen LogP contribution in [-0.4, -0.2) is 26.2 Å². The first kappa shape index (κ1) is 10.8. The Kier molecular flexibility index (Phi) is 2.65. The summed E-state index contributed by atoms with van der Waals surface area (Å²) in [6, 6.07) is 9.95. The van der Waals surface area contributed by atoms with Gasteiger partial charge in [0, 0.05) is 11.7 Å². The lowest BCUT2D eigenvalue weighted by molar-refractivity contribution is -0.119. The van der Waals surface area contributed by atoms with E-state index in [0.29, 0.717) is 13.2 Å². The van der Waals surface area contributed by atoms with Gasteiger partial charge in [0.1, 0.15) is 0 Å². The van der Waals surface area contributed by atoms with Crippen LogP contribution in [0.2, 0.25) is 5.82 Å². The van der Waals surface area contributed by atoms with Crippen LogP contribution in [0, 0.1) is 5.92 Å². The van der Waals surface area contributed by atoms with Gasteiger partial charge in [-0.15, -0.1) is 0 Å². The summed E-state index contributed by atoms with van der Waals surface area (Å²) in [7, 11) is -0.266. The maximum atomic E-state index is 11.4. The number of primary amides is 1. The molecular weight excluding hydrogens is 217 g/mol. The molecular formula is C12H14BNO3. The molecule has 1 aromatic rings. The van der Waals surface area contributed by atoms with Crippen LogP contribution in [0.5, 0.6) is 0 Å². The summed E-state index contributed by atoms with van der Waals surface area (Å²) in [6.45, 7) is 1.21. The Morgan fingerprint density at radius 1 is 1.24 bits per heavy atom. The first-order chi connectivity index (χ1) is 8.29. The van der Waals surface area contributed by atoms with Gasteiger partial charge in [-0.25, -0.2) is 0 Å². The first-order valence-electron chi connectivity index (χ1n) is 5.86. The van der Waals surface area contributed by atoms with Crippen LogP contribution in [0.4, 0.5) is 0 Å². The van der Waals surface area contributed by atoms with Crippen LogP contribution in [-0.2, 0) is 14.1 Å². The molecule has 1 aliphatic carbocycles. The summed E-state index contributed by atoms with van der Waals surface area (Å²) < 4.78 is 11.0. The first-order valence-corrected chi connectivity index (χ1v) is 5.86. The van der Waals surface area contributed by atoms with Gasteiger partial charge in [-0.1, -0.05) is 30.3 Å². The maximum Gasteiger partial charge on any atom is 0.461 e. The van der Waals surface area contributed by atoms with Crippen molar-refractivity contribution >= 4 is 13.0 Å². The van der Waals surface area contributed by atoms with E-state index in [1.807, 2.05) is 30.3 Å². The number of benzene rings is 1. The van der Waals surface area contributed by atoms with Gasteiger partial charge in [-0.05, 0) is 11.5 Å². The highest BCUT2D eigenvalue weighted by Gasteiger charge is 2.62. The van der Waals surface area contributed by atoms with E-state index >= 15 is 0 Å². The van der Waals surface area contributed by atoms with Crippen molar-refractivity contribution in [1.29, 1.82) is 0 Å². The van der Waals surface area contributed by atoms with E-state index in [1.54, 1.807) is 0 Å². The Morgan fingerprint density at radius 2 is 1.88 bits per heavy atom. The number of carbonyl (C=O) groups excluding carboxylic acids is 1. The predicted octanol–water partition coefficient (Wildman–Crippen LogP) is 0.790. The van der Waals surface area contributed by atoms with Crippen molar-refractivity contribution in [2.45, 2.75) is 11.7 Å². The third-order valence-corrected chi connectivity index (χ3v) is 3.55. The number of carbonyl (C=O) groups is 1. The van der Waals surface area contributed by atoms with Crippen molar-refractivity contribution in [2.75, 3.05) is 13.2 Å². The van der Waals surface area contributed by atoms with Crippen LogP contribution in [0.25, 0.3) is 0 Å². The van der Waals surface area contributed by atoms with Crippen LogP contribution in [0.1, 0.15) is 11.5 Å². The van der Waals surface area contributed by atoms with E-state index in [0.717, 1.165) is 5.56 Å². The molecule has 1 aromatic carbocycles. The number of nitrogens with two attached hydrogens (primary N) is 1. The fourth-order valence-electron chi connectivity index (χ4n) is 2.74. The molecule has 1 saturated heterocycles. The van der Waals surface area contributed by atoms with Crippen molar-refractivity contribution in [2.24, 2.45) is 11.7 Å². The molecule has 4 nitrogen and oxygen atoms in total. The van der Waals surface area contributed by atoms with Crippen molar-refractivity contribution < 1.29 is 14.1 Å².